The highest BCUT2D eigenvalue weighted by molar-refractivity contribution is 4.58. The molecular formula is C7H16N. The Hall–Kier alpha value is -0.0400. The second-order valence-electron chi connectivity index (χ2n) is 2.68. The summed E-state index contributed by atoms with van der Waals surface area (Å²) in [6.07, 6.45) is 0. The van der Waals surface area contributed by atoms with Gasteiger partial charge in [-0.1, -0.05) is 20.8 Å². The van der Waals surface area contributed by atoms with E-state index in [1.54, 1.807) is 0 Å². The molecule has 0 heterocycles. The van der Waals surface area contributed by atoms with Gasteiger partial charge in [-0.05, 0) is 18.4 Å². The fourth-order valence-electron chi connectivity index (χ4n) is 0.463. The van der Waals surface area contributed by atoms with Crippen molar-refractivity contribution in [3.8, 4) is 0 Å². The Bertz CT molecular complexity index is 50.3. The maximum atomic E-state index is 3.56. The highest BCUT2D eigenvalue weighted by Gasteiger charge is 2.03. The fourth-order valence-corrected chi connectivity index (χ4v) is 0.463. The molecule has 0 fully saturated rings. The summed E-state index contributed by atoms with van der Waals surface area (Å²) in [5.41, 5.74) is 0. The molecule has 1 atom stereocenters. The lowest BCUT2D eigenvalue weighted by Gasteiger charge is -2.13. The SMILES string of the molecule is [CH2]NCC(C)C(C)C. The lowest BCUT2D eigenvalue weighted by Crippen LogP contribution is -2.18. The minimum Gasteiger partial charge on any atom is -0.315 e. The van der Waals surface area contributed by atoms with Crippen LogP contribution in [0.3, 0.4) is 0 Å². The Balaban J connectivity index is 3.17. The summed E-state index contributed by atoms with van der Waals surface area (Å²) in [5, 5.41) is 2.90. The van der Waals surface area contributed by atoms with E-state index >= 15 is 0 Å². The van der Waals surface area contributed by atoms with Gasteiger partial charge in [-0.25, -0.2) is 0 Å². The highest BCUT2D eigenvalue weighted by atomic mass is 14.8. The van der Waals surface area contributed by atoms with E-state index in [1.807, 2.05) is 0 Å². The van der Waals surface area contributed by atoms with E-state index in [0.29, 0.717) is 0 Å². The zero-order valence-electron chi connectivity index (χ0n) is 6.07. The van der Waals surface area contributed by atoms with Crippen LogP contribution in [0.4, 0.5) is 0 Å². The quantitative estimate of drug-likeness (QED) is 0.588. The average molecular weight is 114 g/mol. The van der Waals surface area contributed by atoms with E-state index in [9.17, 15) is 0 Å². The smallest absolute Gasteiger partial charge is 0.00768 e. The Labute approximate surface area is 52.5 Å². The molecule has 1 N–H and O–H groups in total. The van der Waals surface area contributed by atoms with Crippen LogP contribution in [0, 0.1) is 18.9 Å². The monoisotopic (exact) mass is 114 g/mol. The van der Waals surface area contributed by atoms with Crippen LogP contribution in [0.25, 0.3) is 0 Å². The molecule has 0 amide bonds. The van der Waals surface area contributed by atoms with E-state index in [4.69, 9.17) is 0 Å². The zero-order chi connectivity index (χ0) is 6.57. The summed E-state index contributed by atoms with van der Waals surface area (Å²) < 4.78 is 0. The largest absolute Gasteiger partial charge is 0.315 e. The normalized spacial score (nSPS) is 14.6. The molecule has 0 aromatic carbocycles. The molecule has 0 aliphatic heterocycles. The minimum absolute atomic E-state index is 0.743. The van der Waals surface area contributed by atoms with Gasteiger partial charge in [0.15, 0.2) is 0 Å². The predicted octanol–water partition coefficient (Wildman–Crippen LogP) is 1.66. The van der Waals surface area contributed by atoms with Gasteiger partial charge in [0.25, 0.3) is 0 Å². The van der Waals surface area contributed by atoms with Crippen molar-refractivity contribution in [2.24, 2.45) is 11.8 Å². The topological polar surface area (TPSA) is 12.0 Å². The van der Waals surface area contributed by atoms with Crippen LogP contribution in [0.5, 0.6) is 0 Å². The third-order valence-electron chi connectivity index (χ3n) is 1.60. The van der Waals surface area contributed by atoms with Gasteiger partial charge in [0.1, 0.15) is 0 Å². The lowest BCUT2D eigenvalue weighted by molar-refractivity contribution is 0.410. The molecule has 1 unspecified atom stereocenters. The molecule has 8 heavy (non-hydrogen) atoms. The van der Waals surface area contributed by atoms with Crippen molar-refractivity contribution in [2.45, 2.75) is 20.8 Å². The van der Waals surface area contributed by atoms with Crippen molar-refractivity contribution in [2.75, 3.05) is 6.54 Å². The molecule has 0 saturated carbocycles. The summed E-state index contributed by atoms with van der Waals surface area (Å²) in [7, 11) is 3.56. The fraction of sp³-hybridized carbons (Fsp3) is 0.857. The number of hydrogen-bond donors (Lipinski definition) is 1. The first-order valence-electron chi connectivity index (χ1n) is 3.18. The summed E-state index contributed by atoms with van der Waals surface area (Å²) in [4.78, 5) is 0. The summed E-state index contributed by atoms with van der Waals surface area (Å²) >= 11 is 0. The zero-order valence-corrected chi connectivity index (χ0v) is 6.07. The molecule has 1 heteroatoms. The summed E-state index contributed by atoms with van der Waals surface area (Å²) in [6.45, 7) is 7.70. The molecule has 0 bridgehead atoms. The van der Waals surface area contributed by atoms with Crippen LogP contribution in [0.15, 0.2) is 0 Å². The Morgan fingerprint density at radius 2 is 1.88 bits per heavy atom. The van der Waals surface area contributed by atoms with Crippen molar-refractivity contribution in [3.05, 3.63) is 7.05 Å². The van der Waals surface area contributed by atoms with Crippen molar-refractivity contribution in [3.63, 3.8) is 0 Å². The van der Waals surface area contributed by atoms with E-state index in [0.717, 1.165) is 18.4 Å². The van der Waals surface area contributed by atoms with E-state index in [-0.39, 0.29) is 0 Å². The van der Waals surface area contributed by atoms with Gasteiger partial charge in [-0.3, -0.25) is 0 Å². The minimum atomic E-state index is 0.743. The average Bonchev–Trinajstić information content (AvgIpc) is 1.67. The lowest BCUT2D eigenvalue weighted by atomic mass is 9.98. The number of hydrogen-bond acceptors (Lipinski definition) is 1. The number of rotatable bonds is 3. The summed E-state index contributed by atoms with van der Waals surface area (Å²) in [6, 6.07) is 0. The maximum Gasteiger partial charge on any atom is 0.00768 e. The van der Waals surface area contributed by atoms with E-state index in [2.05, 4.69) is 33.1 Å². The molecule has 1 nitrogen and oxygen atoms in total. The van der Waals surface area contributed by atoms with E-state index in [1.165, 1.54) is 0 Å². The Kier molecular flexibility index (Phi) is 3.88. The molecule has 0 aromatic rings. The van der Waals surface area contributed by atoms with E-state index < -0.39 is 0 Å². The molecule has 0 rings (SSSR count). The van der Waals surface area contributed by atoms with Crippen molar-refractivity contribution >= 4 is 0 Å². The second kappa shape index (κ2) is 3.90. The van der Waals surface area contributed by atoms with Crippen molar-refractivity contribution in [1.29, 1.82) is 0 Å². The predicted molar refractivity (Wildman–Crippen MR) is 37.4 cm³/mol. The van der Waals surface area contributed by atoms with Crippen LogP contribution in [0.1, 0.15) is 20.8 Å². The van der Waals surface area contributed by atoms with Crippen LogP contribution in [-0.2, 0) is 0 Å². The first-order chi connectivity index (χ1) is 3.68. The molecule has 0 aromatic heterocycles. The van der Waals surface area contributed by atoms with Gasteiger partial charge < -0.3 is 5.32 Å². The van der Waals surface area contributed by atoms with Gasteiger partial charge in [-0.15, -0.1) is 0 Å². The van der Waals surface area contributed by atoms with Crippen molar-refractivity contribution in [1.82, 2.24) is 5.32 Å². The van der Waals surface area contributed by atoms with Crippen molar-refractivity contribution < 1.29 is 0 Å². The number of nitrogens with one attached hydrogen (secondary N) is 1. The van der Waals surface area contributed by atoms with Gasteiger partial charge in [-0.2, -0.15) is 0 Å². The second-order valence-corrected chi connectivity index (χ2v) is 2.68. The standard InChI is InChI=1S/C7H16N/c1-6(2)7(3)5-8-4/h6-8H,4-5H2,1-3H3. The molecule has 0 aliphatic rings. The Morgan fingerprint density at radius 1 is 1.38 bits per heavy atom. The molecular weight excluding hydrogens is 98.1 g/mol. The first-order valence-corrected chi connectivity index (χ1v) is 3.18. The first kappa shape index (κ1) is 7.96. The summed E-state index contributed by atoms with van der Waals surface area (Å²) in [5.74, 6) is 1.51. The van der Waals surface area contributed by atoms with Gasteiger partial charge >= 0.3 is 0 Å². The van der Waals surface area contributed by atoms with Gasteiger partial charge in [0.05, 0.1) is 0 Å². The van der Waals surface area contributed by atoms with Crippen LogP contribution in [-0.4, -0.2) is 6.54 Å². The molecule has 49 valence electrons. The van der Waals surface area contributed by atoms with Gasteiger partial charge in [0.2, 0.25) is 0 Å². The molecule has 0 spiro atoms. The van der Waals surface area contributed by atoms with Gasteiger partial charge in [0, 0.05) is 7.05 Å². The molecule has 1 radical (unpaired) electrons. The third-order valence-corrected chi connectivity index (χ3v) is 1.60. The highest BCUT2D eigenvalue weighted by Crippen LogP contribution is 2.06. The third kappa shape index (κ3) is 3.03. The van der Waals surface area contributed by atoms with Crippen LogP contribution in [0.2, 0.25) is 0 Å². The maximum absolute atomic E-state index is 3.56. The Morgan fingerprint density at radius 3 is 2.00 bits per heavy atom. The van der Waals surface area contributed by atoms with Crippen LogP contribution >= 0.6 is 0 Å². The van der Waals surface area contributed by atoms with Crippen LogP contribution < -0.4 is 5.32 Å². The molecule has 0 aliphatic carbocycles. The molecule has 0 saturated heterocycles.